The van der Waals surface area contributed by atoms with Crippen molar-refractivity contribution < 1.29 is 9.59 Å². The summed E-state index contributed by atoms with van der Waals surface area (Å²) < 4.78 is 0. The summed E-state index contributed by atoms with van der Waals surface area (Å²) in [5.41, 5.74) is 0.913. The van der Waals surface area contributed by atoms with Crippen molar-refractivity contribution in [2.24, 2.45) is 56.7 Å². The summed E-state index contributed by atoms with van der Waals surface area (Å²) in [6.07, 6.45) is 10.6. The Morgan fingerprint density at radius 2 is 1.65 bits per heavy atom. The average Bonchev–Trinajstić information content (AvgIpc) is 3.22. The third-order valence-electron chi connectivity index (χ3n) is 13.4. The number of carbonyl (C=O) groups excluding carboxylic acids is 2. The van der Waals surface area contributed by atoms with Gasteiger partial charge in [0, 0.05) is 19.5 Å². The van der Waals surface area contributed by atoms with Crippen LogP contribution in [0, 0.1) is 68.0 Å². The van der Waals surface area contributed by atoms with Crippen LogP contribution in [-0.2, 0) is 9.59 Å². The minimum Gasteiger partial charge on any atom is -0.348 e. The van der Waals surface area contributed by atoms with Gasteiger partial charge in [-0.05, 0) is 104 Å². The van der Waals surface area contributed by atoms with Gasteiger partial charge in [-0.2, -0.15) is 5.26 Å². The van der Waals surface area contributed by atoms with E-state index >= 15 is 0 Å². The number of allylic oxidation sites excluding steroid dienone is 3. The van der Waals surface area contributed by atoms with E-state index in [0.29, 0.717) is 35.2 Å². The molecule has 9 atom stereocenters. The fourth-order valence-electron chi connectivity index (χ4n) is 11.6. The lowest BCUT2D eigenvalue weighted by Gasteiger charge is -2.71. The number of hydrogen-bond acceptors (Lipinski definition) is 3. The third-order valence-corrected chi connectivity index (χ3v) is 13.4. The zero-order chi connectivity index (χ0) is 27.3. The standard InChI is InChI=1S/C33H48N2O2/c1-20(2)22-12-15-33(28(37)35(8)9)17-16-31(6)23(26(22)33)10-11-25-30(5)18-21(19-34)27(36)29(3,4)24(30)13-14-32(25,31)7/h18,22-26H,1,10-17H2,2-9H3/t22-,23?,24-,25+,26+,30-,31+,32+,33-/m0/s1. The average molecular weight is 505 g/mol. The monoisotopic (exact) mass is 504 g/mol. The van der Waals surface area contributed by atoms with E-state index in [1.807, 2.05) is 19.0 Å². The van der Waals surface area contributed by atoms with Crippen LogP contribution < -0.4 is 0 Å². The molecule has 1 unspecified atom stereocenters. The lowest BCUT2D eigenvalue weighted by Crippen LogP contribution is -2.66. The summed E-state index contributed by atoms with van der Waals surface area (Å²) in [5.74, 6) is 2.32. The molecule has 5 aliphatic carbocycles. The second kappa shape index (κ2) is 8.06. The Hall–Kier alpha value is -1.89. The molecule has 4 fully saturated rings. The molecule has 5 aliphatic rings. The fraction of sp³-hybridized carbons (Fsp3) is 0.788. The van der Waals surface area contributed by atoms with Crippen LogP contribution in [0.5, 0.6) is 0 Å². The minimum atomic E-state index is -0.510. The van der Waals surface area contributed by atoms with Gasteiger partial charge in [0.2, 0.25) is 5.91 Å². The molecule has 0 radical (unpaired) electrons. The molecule has 0 aromatic carbocycles. The van der Waals surface area contributed by atoms with Crippen molar-refractivity contribution in [3.8, 4) is 6.07 Å². The van der Waals surface area contributed by atoms with Crippen LogP contribution in [0.1, 0.15) is 92.9 Å². The summed E-state index contributed by atoms with van der Waals surface area (Å²) in [7, 11) is 3.86. The first-order chi connectivity index (χ1) is 17.1. The van der Waals surface area contributed by atoms with Crippen molar-refractivity contribution in [3.05, 3.63) is 23.8 Å². The van der Waals surface area contributed by atoms with Gasteiger partial charge < -0.3 is 4.90 Å². The lowest BCUT2D eigenvalue weighted by molar-refractivity contribution is -0.219. The molecule has 0 aromatic rings. The fourth-order valence-corrected chi connectivity index (χ4v) is 11.6. The number of nitriles is 1. The first kappa shape index (κ1) is 26.7. The van der Waals surface area contributed by atoms with E-state index in [9.17, 15) is 14.9 Å². The number of Topliss-reactive ketones (excluding diaryl/α,β-unsaturated/α-hetero) is 1. The summed E-state index contributed by atoms with van der Waals surface area (Å²) >= 11 is 0. The van der Waals surface area contributed by atoms with Crippen LogP contribution >= 0.6 is 0 Å². The van der Waals surface area contributed by atoms with Crippen molar-refractivity contribution >= 4 is 11.7 Å². The van der Waals surface area contributed by atoms with Crippen molar-refractivity contribution in [1.82, 2.24) is 4.90 Å². The van der Waals surface area contributed by atoms with E-state index in [2.05, 4.69) is 60.3 Å². The van der Waals surface area contributed by atoms with E-state index in [4.69, 9.17) is 0 Å². The van der Waals surface area contributed by atoms with Crippen LogP contribution in [0.15, 0.2) is 23.8 Å². The van der Waals surface area contributed by atoms with E-state index in [1.54, 1.807) is 0 Å². The van der Waals surface area contributed by atoms with E-state index in [1.165, 1.54) is 5.57 Å². The van der Waals surface area contributed by atoms with Gasteiger partial charge in [-0.1, -0.05) is 52.8 Å². The summed E-state index contributed by atoms with van der Waals surface area (Å²) in [6.45, 7) is 18.2. The van der Waals surface area contributed by atoms with Gasteiger partial charge in [0.15, 0.2) is 5.78 Å². The molecule has 37 heavy (non-hydrogen) atoms. The minimum absolute atomic E-state index is 0.0286. The van der Waals surface area contributed by atoms with Gasteiger partial charge in [-0.25, -0.2) is 0 Å². The maximum atomic E-state index is 13.8. The van der Waals surface area contributed by atoms with Gasteiger partial charge in [-0.15, -0.1) is 0 Å². The van der Waals surface area contributed by atoms with Crippen LogP contribution in [-0.4, -0.2) is 30.7 Å². The number of carbonyl (C=O) groups is 2. The second-order valence-electron chi connectivity index (χ2n) is 15.1. The van der Waals surface area contributed by atoms with Gasteiger partial charge in [0.1, 0.15) is 6.07 Å². The first-order valence-electron chi connectivity index (χ1n) is 14.7. The topological polar surface area (TPSA) is 61.2 Å². The first-order valence-corrected chi connectivity index (χ1v) is 14.7. The molecule has 4 nitrogen and oxygen atoms in total. The van der Waals surface area contributed by atoms with Crippen LogP contribution in [0.2, 0.25) is 0 Å². The van der Waals surface area contributed by atoms with Crippen LogP contribution in [0.3, 0.4) is 0 Å². The molecule has 0 aliphatic heterocycles. The number of fused-ring (bicyclic) bond motifs is 7. The van der Waals surface area contributed by atoms with E-state index < -0.39 is 5.41 Å². The molecule has 0 aromatic heterocycles. The Morgan fingerprint density at radius 1 is 0.973 bits per heavy atom. The van der Waals surface area contributed by atoms with Crippen molar-refractivity contribution in [3.63, 3.8) is 0 Å². The Bertz CT molecular complexity index is 1130. The third kappa shape index (κ3) is 3.12. The molecule has 1 amide bonds. The van der Waals surface area contributed by atoms with Crippen LogP contribution in [0.4, 0.5) is 0 Å². The Kier molecular flexibility index (Phi) is 5.82. The lowest BCUT2D eigenvalue weighted by atomic mass is 9.32. The zero-order valence-corrected chi connectivity index (χ0v) is 24.5. The summed E-state index contributed by atoms with van der Waals surface area (Å²) in [5, 5.41) is 9.92. The highest BCUT2D eigenvalue weighted by Crippen LogP contribution is 2.77. The molecular formula is C33H48N2O2. The van der Waals surface area contributed by atoms with Crippen molar-refractivity contribution in [2.45, 2.75) is 92.9 Å². The summed E-state index contributed by atoms with van der Waals surface area (Å²) in [6, 6.07) is 2.28. The SMILES string of the molecule is C=C(C)[C@@H]1CC[C@]2(C(=O)N(C)C)CC[C@]3(C)C(CC[C@@H]4[C@@]5(C)C=C(C#N)C(=O)C(C)(C)[C@@H]5CC[C@]43C)[C@@H]12. The Balaban J connectivity index is 1.62. The molecule has 5 rings (SSSR count). The van der Waals surface area contributed by atoms with Crippen molar-refractivity contribution in [1.29, 1.82) is 5.26 Å². The normalized spacial score (nSPS) is 47.9. The maximum Gasteiger partial charge on any atom is 0.228 e. The van der Waals surface area contributed by atoms with Crippen molar-refractivity contribution in [2.75, 3.05) is 14.1 Å². The molecule has 0 N–H and O–H groups in total. The van der Waals surface area contributed by atoms with Gasteiger partial charge in [-0.3, -0.25) is 9.59 Å². The molecule has 4 heteroatoms. The number of ketones is 1. The Labute approximate surface area is 224 Å². The molecule has 4 saturated carbocycles. The molecule has 0 heterocycles. The van der Waals surface area contributed by atoms with Gasteiger partial charge in [0.05, 0.1) is 11.0 Å². The quantitative estimate of drug-likeness (QED) is 0.382. The van der Waals surface area contributed by atoms with Gasteiger partial charge >= 0.3 is 0 Å². The summed E-state index contributed by atoms with van der Waals surface area (Å²) in [4.78, 5) is 28.9. The highest BCUT2D eigenvalue weighted by molar-refractivity contribution is 6.04. The smallest absolute Gasteiger partial charge is 0.228 e. The number of nitrogens with zero attached hydrogens (tertiary/aromatic N) is 2. The molecule has 0 bridgehead atoms. The molecule has 0 spiro atoms. The predicted octanol–water partition coefficient (Wildman–Crippen LogP) is 6.97. The van der Waals surface area contributed by atoms with E-state index in [0.717, 1.165) is 51.4 Å². The van der Waals surface area contributed by atoms with Crippen LogP contribution in [0.25, 0.3) is 0 Å². The molecular weight excluding hydrogens is 456 g/mol. The predicted molar refractivity (Wildman–Crippen MR) is 147 cm³/mol. The number of rotatable bonds is 2. The zero-order valence-electron chi connectivity index (χ0n) is 24.5. The Morgan fingerprint density at radius 3 is 2.24 bits per heavy atom. The second-order valence-corrected chi connectivity index (χ2v) is 15.1. The number of hydrogen-bond donors (Lipinski definition) is 0. The highest BCUT2D eigenvalue weighted by Gasteiger charge is 2.72. The highest BCUT2D eigenvalue weighted by atomic mass is 16.2. The maximum absolute atomic E-state index is 13.8. The number of amides is 1. The largest absolute Gasteiger partial charge is 0.348 e. The van der Waals surface area contributed by atoms with Gasteiger partial charge in [0.25, 0.3) is 0 Å². The molecule has 202 valence electrons. The van der Waals surface area contributed by atoms with E-state index in [-0.39, 0.29) is 33.4 Å². The molecule has 0 saturated heterocycles.